The Bertz CT molecular complexity index is 718. The van der Waals surface area contributed by atoms with Gasteiger partial charge in [0.05, 0.1) is 10.9 Å². The van der Waals surface area contributed by atoms with Gasteiger partial charge >= 0.3 is 0 Å². The molecule has 1 unspecified atom stereocenters. The summed E-state index contributed by atoms with van der Waals surface area (Å²) in [4.78, 5) is 0.373. The lowest BCUT2D eigenvalue weighted by Gasteiger charge is -2.07. The van der Waals surface area contributed by atoms with Gasteiger partial charge in [0, 0.05) is 6.54 Å². The van der Waals surface area contributed by atoms with Crippen LogP contribution in [0.3, 0.4) is 0 Å². The molecule has 1 aliphatic heterocycles. The summed E-state index contributed by atoms with van der Waals surface area (Å²) >= 11 is 0. The first kappa shape index (κ1) is 13.3. The van der Waals surface area contributed by atoms with Gasteiger partial charge in [0.2, 0.25) is 10.0 Å². The molecule has 2 atom stereocenters. The third-order valence-corrected chi connectivity index (χ3v) is 5.55. The van der Waals surface area contributed by atoms with Crippen molar-refractivity contribution in [2.45, 2.75) is 24.8 Å². The first-order valence-corrected chi connectivity index (χ1v) is 8.07. The van der Waals surface area contributed by atoms with E-state index in [1.807, 2.05) is 50.2 Å². The summed E-state index contributed by atoms with van der Waals surface area (Å²) in [5.74, 6) is 0. The van der Waals surface area contributed by atoms with Crippen LogP contribution in [0.4, 0.5) is 0 Å². The molecule has 0 radical (unpaired) electrons. The zero-order valence-electron chi connectivity index (χ0n) is 11.6. The van der Waals surface area contributed by atoms with Crippen LogP contribution in [0.1, 0.15) is 22.7 Å². The predicted octanol–water partition coefficient (Wildman–Crippen LogP) is 3.05. The minimum Gasteiger partial charge on any atom is -0.207 e. The molecule has 3 rings (SSSR count). The van der Waals surface area contributed by atoms with Gasteiger partial charge in [-0.2, -0.15) is 4.31 Å². The zero-order chi connectivity index (χ0) is 14.3. The molecule has 104 valence electrons. The highest BCUT2D eigenvalue weighted by atomic mass is 32.2. The van der Waals surface area contributed by atoms with Crippen LogP contribution < -0.4 is 0 Å². The molecule has 0 bridgehead atoms. The van der Waals surface area contributed by atoms with Crippen molar-refractivity contribution in [1.29, 1.82) is 0 Å². The molecule has 0 aromatic heterocycles. The number of benzene rings is 2. The Morgan fingerprint density at radius 3 is 1.95 bits per heavy atom. The molecular formula is C16H17NO2S. The summed E-state index contributed by atoms with van der Waals surface area (Å²) in [7, 11) is -3.36. The lowest BCUT2D eigenvalue weighted by molar-refractivity contribution is 0.554. The van der Waals surface area contributed by atoms with Gasteiger partial charge in [0.15, 0.2) is 0 Å². The van der Waals surface area contributed by atoms with Crippen LogP contribution in [0.15, 0.2) is 53.4 Å². The van der Waals surface area contributed by atoms with E-state index in [0.717, 1.165) is 11.1 Å². The maximum Gasteiger partial charge on any atom is 0.243 e. The molecule has 1 saturated heterocycles. The van der Waals surface area contributed by atoms with E-state index < -0.39 is 10.0 Å². The van der Waals surface area contributed by atoms with Crippen LogP contribution in [0, 0.1) is 13.8 Å². The monoisotopic (exact) mass is 287 g/mol. The van der Waals surface area contributed by atoms with Gasteiger partial charge < -0.3 is 0 Å². The van der Waals surface area contributed by atoms with Crippen molar-refractivity contribution < 1.29 is 8.42 Å². The number of hydrogen-bond acceptors (Lipinski definition) is 2. The Hall–Kier alpha value is -1.65. The topological polar surface area (TPSA) is 37.1 Å². The average Bonchev–Trinajstić information content (AvgIpc) is 3.21. The van der Waals surface area contributed by atoms with Gasteiger partial charge in [-0.05, 0) is 31.5 Å². The smallest absolute Gasteiger partial charge is 0.207 e. The molecule has 2 aromatic carbocycles. The molecule has 0 N–H and O–H groups in total. The second-order valence-corrected chi connectivity index (χ2v) is 7.20. The van der Waals surface area contributed by atoms with Crippen molar-refractivity contribution in [2.75, 3.05) is 6.54 Å². The largest absolute Gasteiger partial charge is 0.243 e. The first-order chi connectivity index (χ1) is 9.48. The van der Waals surface area contributed by atoms with Crippen LogP contribution in [0.25, 0.3) is 0 Å². The fourth-order valence-electron chi connectivity index (χ4n) is 2.29. The molecule has 0 saturated carbocycles. The van der Waals surface area contributed by atoms with E-state index in [9.17, 15) is 8.42 Å². The Labute approximate surface area is 119 Å². The zero-order valence-corrected chi connectivity index (χ0v) is 12.4. The highest BCUT2D eigenvalue weighted by molar-refractivity contribution is 7.89. The van der Waals surface area contributed by atoms with Crippen molar-refractivity contribution in [3.63, 3.8) is 0 Å². The van der Waals surface area contributed by atoms with E-state index >= 15 is 0 Å². The minimum atomic E-state index is -3.36. The maximum absolute atomic E-state index is 12.5. The van der Waals surface area contributed by atoms with Gasteiger partial charge in [0.1, 0.15) is 0 Å². The summed E-state index contributed by atoms with van der Waals surface area (Å²) in [6.45, 7) is 4.54. The lowest BCUT2D eigenvalue weighted by Crippen LogP contribution is -2.12. The second-order valence-electron chi connectivity index (χ2n) is 5.31. The lowest BCUT2D eigenvalue weighted by atomic mass is 10.1. The Balaban J connectivity index is 1.84. The van der Waals surface area contributed by atoms with Crippen LogP contribution in [-0.4, -0.2) is 19.3 Å². The van der Waals surface area contributed by atoms with Gasteiger partial charge in [0.25, 0.3) is 0 Å². The summed E-state index contributed by atoms with van der Waals surface area (Å²) in [5, 5.41) is 0. The Morgan fingerprint density at radius 2 is 1.40 bits per heavy atom. The van der Waals surface area contributed by atoms with E-state index in [2.05, 4.69) is 0 Å². The molecule has 0 aliphatic carbocycles. The summed E-state index contributed by atoms with van der Waals surface area (Å²) in [6, 6.07) is 15.0. The molecule has 1 fully saturated rings. The fourth-order valence-corrected chi connectivity index (χ4v) is 3.84. The van der Waals surface area contributed by atoms with Crippen molar-refractivity contribution >= 4 is 10.0 Å². The summed E-state index contributed by atoms with van der Waals surface area (Å²) in [5.41, 5.74) is 3.30. The van der Waals surface area contributed by atoms with Crippen LogP contribution in [0.2, 0.25) is 0 Å². The average molecular weight is 287 g/mol. The SMILES string of the molecule is Cc1ccc([C@H]2CN2S(=O)(=O)c2ccc(C)cc2)cc1. The molecule has 0 amide bonds. The molecule has 20 heavy (non-hydrogen) atoms. The van der Waals surface area contributed by atoms with Gasteiger partial charge in [-0.15, -0.1) is 0 Å². The van der Waals surface area contributed by atoms with Crippen molar-refractivity contribution in [3.05, 3.63) is 65.2 Å². The van der Waals surface area contributed by atoms with E-state index in [0.29, 0.717) is 11.4 Å². The molecule has 4 heteroatoms. The molecule has 0 spiro atoms. The van der Waals surface area contributed by atoms with E-state index in [-0.39, 0.29) is 6.04 Å². The number of hydrogen-bond donors (Lipinski definition) is 0. The predicted molar refractivity (Wildman–Crippen MR) is 79.0 cm³/mol. The van der Waals surface area contributed by atoms with Crippen molar-refractivity contribution in [1.82, 2.24) is 4.31 Å². The van der Waals surface area contributed by atoms with Gasteiger partial charge in [-0.1, -0.05) is 47.5 Å². The first-order valence-electron chi connectivity index (χ1n) is 6.63. The summed E-state index contributed by atoms with van der Waals surface area (Å²) < 4.78 is 26.5. The Morgan fingerprint density at radius 1 is 0.900 bits per heavy atom. The summed E-state index contributed by atoms with van der Waals surface area (Å²) in [6.07, 6.45) is 0. The number of nitrogens with zero attached hydrogens (tertiary/aromatic N) is 1. The second kappa shape index (κ2) is 4.72. The van der Waals surface area contributed by atoms with Gasteiger partial charge in [-0.3, -0.25) is 0 Å². The van der Waals surface area contributed by atoms with Crippen LogP contribution in [0.5, 0.6) is 0 Å². The fraction of sp³-hybridized carbons (Fsp3) is 0.250. The third-order valence-electron chi connectivity index (χ3n) is 3.66. The van der Waals surface area contributed by atoms with E-state index in [1.54, 1.807) is 16.4 Å². The normalized spacial score (nSPS) is 21.7. The molecule has 1 aliphatic rings. The third kappa shape index (κ3) is 2.37. The molecule has 1 heterocycles. The quantitative estimate of drug-likeness (QED) is 0.814. The minimum absolute atomic E-state index is 0.0121. The maximum atomic E-state index is 12.5. The molecule has 3 nitrogen and oxygen atoms in total. The number of rotatable bonds is 3. The van der Waals surface area contributed by atoms with E-state index in [4.69, 9.17) is 0 Å². The molecular weight excluding hydrogens is 270 g/mol. The number of sulfonamides is 1. The Kier molecular flexibility index (Phi) is 3.15. The molecule has 2 aromatic rings. The highest BCUT2D eigenvalue weighted by Gasteiger charge is 2.45. The van der Waals surface area contributed by atoms with Crippen LogP contribution in [-0.2, 0) is 10.0 Å². The van der Waals surface area contributed by atoms with Crippen molar-refractivity contribution in [3.8, 4) is 0 Å². The van der Waals surface area contributed by atoms with E-state index in [1.165, 1.54) is 5.56 Å². The number of aryl methyl sites for hydroxylation is 2. The van der Waals surface area contributed by atoms with Gasteiger partial charge in [-0.25, -0.2) is 8.42 Å². The van der Waals surface area contributed by atoms with Crippen molar-refractivity contribution in [2.24, 2.45) is 0 Å². The van der Waals surface area contributed by atoms with Crippen LogP contribution >= 0.6 is 0 Å². The highest BCUT2D eigenvalue weighted by Crippen LogP contribution is 2.40. The standard InChI is InChI=1S/C16H17NO2S/c1-12-3-7-14(8-4-12)16-11-17(16)20(18,19)15-9-5-13(2)6-10-15/h3-10,16H,11H2,1-2H3/t16-,17?/m1/s1.